The van der Waals surface area contributed by atoms with Gasteiger partial charge in [0.05, 0.1) is 30.8 Å². The number of aromatic amines is 1. The molecule has 4 heteroatoms. The van der Waals surface area contributed by atoms with E-state index < -0.39 is 0 Å². The molecular weight excluding hydrogens is 264 g/mol. The molecule has 2 aromatic carbocycles. The van der Waals surface area contributed by atoms with Gasteiger partial charge in [-0.25, -0.2) is 4.98 Å². The number of rotatable bonds is 4. The third-order valence-electron chi connectivity index (χ3n) is 3.62. The quantitative estimate of drug-likeness (QED) is 0.791. The van der Waals surface area contributed by atoms with E-state index in [1.807, 2.05) is 24.3 Å². The number of H-pyrrole nitrogens is 1. The first-order valence-corrected chi connectivity index (χ1v) is 6.96. The van der Waals surface area contributed by atoms with Gasteiger partial charge in [0.2, 0.25) is 0 Å². The summed E-state index contributed by atoms with van der Waals surface area (Å²) >= 11 is 0. The summed E-state index contributed by atoms with van der Waals surface area (Å²) in [5.74, 6) is 2.31. The molecular formula is C17H18N2O2. The monoisotopic (exact) mass is 282 g/mol. The van der Waals surface area contributed by atoms with Crippen LogP contribution < -0.4 is 9.47 Å². The van der Waals surface area contributed by atoms with Crippen molar-refractivity contribution in [1.29, 1.82) is 0 Å². The fourth-order valence-electron chi connectivity index (χ4n) is 2.40. The lowest BCUT2D eigenvalue weighted by Crippen LogP contribution is -1.91. The Kier molecular flexibility index (Phi) is 3.52. The SMILES string of the molecule is CCc1ccc2nc(-c3ccc(OC)cc3OC)[nH]c2c1. The van der Waals surface area contributed by atoms with Gasteiger partial charge in [0.15, 0.2) is 0 Å². The molecule has 1 N–H and O–H groups in total. The molecule has 0 aliphatic heterocycles. The first-order valence-electron chi connectivity index (χ1n) is 6.96. The number of benzene rings is 2. The zero-order valence-electron chi connectivity index (χ0n) is 12.4. The number of nitrogens with one attached hydrogen (secondary N) is 1. The third-order valence-corrected chi connectivity index (χ3v) is 3.62. The highest BCUT2D eigenvalue weighted by Gasteiger charge is 2.12. The van der Waals surface area contributed by atoms with Crippen molar-refractivity contribution in [3.8, 4) is 22.9 Å². The Bertz CT molecular complexity index is 778. The van der Waals surface area contributed by atoms with Crippen LogP contribution in [0.15, 0.2) is 36.4 Å². The van der Waals surface area contributed by atoms with Crippen molar-refractivity contribution in [2.45, 2.75) is 13.3 Å². The van der Waals surface area contributed by atoms with Crippen molar-refractivity contribution in [3.05, 3.63) is 42.0 Å². The molecule has 21 heavy (non-hydrogen) atoms. The highest BCUT2D eigenvalue weighted by Crippen LogP contribution is 2.32. The van der Waals surface area contributed by atoms with Crippen molar-refractivity contribution in [3.63, 3.8) is 0 Å². The molecule has 0 aliphatic carbocycles. The maximum atomic E-state index is 5.44. The molecule has 108 valence electrons. The van der Waals surface area contributed by atoms with Crippen molar-refractivity contribution < 1.29 is 9.47 Å². The second-order valence-electron chi connectivity index (χ2n) is 4.86. The summed E-state index contributed by atoms with van der Waals surface area (Å²) in [5.41, 5.74) is 4.22. The van der Waals surface area contributed by atoms with E-state index in [-0.39, 0.29) is 0 Å². The van der Waals surface area contributed by atoms with Crippen LogP contribution in [0.5, 0.6) is 11.5 Å². The molecule has 0 unspecified atom stereocenters. The maximum Gasteiger partial charge on any atom is 0.142 e. The summed E-state index contributed by atoms with van der Waals surface area (Å²) in [6, 6.07) is 12.0. The molecule has 0 radical (unpaired) electrons. The van der Waals surface area contributed by atoms with E-state index in [0.717, 1.165) is 40.3 Å². The Morgan fingerprint density at radius 3 is 2.62 bits per heavy atom. The summed E-state index contributed by atoms with van der Waals surface area (Å²) in [4.78, 5) is 8.01. The second kappa shape index (κ2) is 5.48. The largest absolute Gasteiger partial charge is 0.497 e. The number of nitrogens with zero attached hydrogens (tertiary/aromatic N) is 1. The molecule has 0 aliphatic rings. The standard InChI is InChI=1S/C17H18N2O2/c1-4-11-5-8-14-15(9-11)19-17(18-14)13-7-6-12(20-2)10-16(13)21-3/h5-10H,4H2,1-3H3,(H,18,19). The van der Waals surface area contributed by atoms with Crippen molar-refractivity contribution in [2.75, 3.05) is 14.2 Å². The van der Waals surface area contributed by atoms with Gasteiger partial charge in [0.1, 0.15) is 17.3 Å². The first-order chi connectivity index (χ1) is 10.2. The average Bonchev–Trinajstić information content (AvgIpc) is 2.96. The highest BCUT2D eigenvalue weighted by molar-refractivity contribution is 5.81. The second-order valence-corrected chi connectivity index (χ2v) is 4.86. The number of aromatic nitrogens is 2. The van der Waals surface area contributed by atoms with Gasteiger partial charge < -0.3 is 14.5 Å². The number of hydrogen-bond donors (Lipinski definition) is 1. The zero-order valence-corrected chi connectivity index (χ0v) is 12.4. The molecule has 3 rings (SSSR count). The van der Waals surface area contributed by atoms with Crippen LogP contribution in [-0.4, -0.2) is 24.2 Å². The van der Waals surface area contributed by atoms with Crippen LogP contribution in [0.2, 0.25) is 0 Å². The van der Waals surface area contributed by atoms with Crippen LogP contribution in [0.3, 0.4) is 0 Å². The lowest BCUT2D eigenvalue weighted by Gasteiger charge is -2.08. The first kappa shape index (κ1) is 13.5. The maximum absolute atomic E-state index is 5.44. The molecule has 0 bridgehead atoms. The molecule has 4 nitrogen and oxygen atoms in total. The smallest absolute Gasteiger partial charge is 0.142 e. The number of ether oxygens (including phenoxy) is 2. The van der Waals surface area contributed by atoms with Crippen LogP contribution >= 0.6 is 0 Å². The van der Waals surface area contributed by atoms with Crippen molar-refractivity contribution in [1.82, 2.24) is 9.97 Å². The van der Waals surface area contributed by atoms with E-state index in [1.165, 1.54) is 5.56 Å². The summed E-state index contributed by atoms with van der Waals surface area (Å²) in [6.45, 7) is 2.14. The van der Waals surface area contributed by atoms with Crippen molar-refractivity contribution in [2.24, 2.45) is 0 Å². The normalized spacial score (nSPS) is 10.8. The van der Waals surface area contributed by atoms with Gasteiger partial charge >= 0.3 is 0 Å². The van der Waals surface area contributed by atoms with E-state index >= 15 is 0 Å². The van der Waals surface area contributed by atoms with Crippen LogP contribution in [0.1, 0.15) is 12.5 Å². The fraction of sp³-hybridized carbons (Fsp3) is 0.235. The Morgan fingerprint density at radius 1 is 1.05 bits per heavy atom. The summed E-state index contributed by atoms with van der Waals surface area (Å²) < 4.78 is 10.7. The predicted octanol–water partition coefficient (Wildman–Crippen LogP) is 3.81. The number of hydrogen-bond acceptors (Lipinski definition) is 3. The summed E-state index contributed by atoms with van der Waals surface area (Å²) in [7, 11) is 3.29. The topological polar surface area (TPSA) is 47.1 Å². The Labute approximate surface area is 123 Å². The number of fused-ring (bicyclic) bond motifs is 1. The van der Waals surface area contributed by atoms with Gasteiger partial charge in [-0.05, 0) is 36.2 Å². The van der Waals surface area contributed by atoms with Gasteiger partial charge in [-0.2, -0.15) is 0 Å². The molecule has 1 aromatic heterocycles. The Balaban J connectivity index is 2.11. The molecule has 0 atom stereocenters. The average molecular weight is 282 g/mol. The van der Waals surface area contributed by atoms with Crippen LogP contribution in [-0.2, 0) is 6.42 Å². The minimum atomic E-state index is 0.740. The fourth-order valence-corrected chi connectivity index (χ4v) is 2.40. The van der Waals surface area contributed by atoms with Crippen LogP contribution in [0, 0.1) is 0 Å². The van der Waals surface area contributed by atoms with E-state index in [1.54, 1.807) is 14.2 Å². The minimum Gasteiger partial charge on any atom is -0.497 e. The lowest BCUT2D eigenvalue weighted by atomic mass is 10.1. The predicted molar refractivity (Wildman–Crippen MR) is 84.0 cm³/mol. The number of imidazole rings is 1. The molecule has 0 amide bonds. The number of methoxy groups -OCH3 is 2. The van der Waals surface area contributed by atoms with Gasteiger partial charge in [-0.1, -0.05) is 13.0 Å². The van der Waals surface area contributed by atoms with Crippen LogP contribution in [0.25, 0.3) is 22.4 Å². The molecule has 0 spiro atoms. The molecule has 0 saturated carbocycles. The minimum absolute atomic E-state index is 0.740. The number of aryl methyl sites for hydroxylation is 1. The molecule has 0 saturated heterocycles. The lowest BCUT2D eigenvalue weighted by molar-refractivity contribution is 0.395. The van der Waals surface area contributed by atoms with Crippen molar-refractivity contribution >= 4 is 11.0 Å². The third kappa shape index (κ3) is 2.44. The van der Waals surface area contributed by atoms with E-state index in [4.69, 9.17) is 9.47 Å². The Morgan fingerprint density at radius 2 is 1.90 bits per heavy atom. The zero-order chi connectivity index (χ0) is 14.8. The van der Waals surface area contributed by atoms with Crippen LogP contribution in [0.4, 0.5) is 0 Å². The van der Waals surface area contributed by atoms with Gasteiger partial charge in [-0.15, -0.1) is 0 Å². The van der Waals surface area contributed by atoms with E-state index in [0.29, 0.717) is 0 Å². The molecule has 0 fully saturated rings. The molecule has 1 heterocycles. The molecule has 3 aromatic rings. The summed E-state index contributed by atoms with van der Waals surface area (Å²) in [5, 5.41) is 0. The van der Waals surface area contributed by atoms with E-state index in [2.05, 4.69) is 29.0 Å². The van der Waals surface area contributed by atoms with E-state index in [9.17, 15) is 0 Å². The van der Waals surface area contributed by atoms with Gasteiger partial charge in [0.25, 0.3) is 0 Å². The highest BCUT2D eigenvalue weighted by atomic mass is 16.5. The Hall–Kier alpha value is -2.49. The van der Waals surface area contributed by atoms with Gasteiger partial charge in [0, 0.05) is 6.07 Å². The summed E-state index contributed by atoms with van der Waals surface area (Å²) in [6.07, 6.45) is 1.01. The van der Waals surface area contributed by atoms with Gasteiger partial charge in [-0.3, -0.25) is 0 Å².